The quantitative estimate of drug-likeness (QED) is 0.774. The summed E-state index contributed by atoms with van der Waals surface area (Å²) in [5.41, 5.74) is 2.23. The highest BCUT2D eigenvalue weighted by atomic mass is 16.1. The molecule has 1 rings (SSSR count). The summed E-state index contributed by atoms with van der Waals surface area (Å²) in [7, 11) is 2.03. The van der Waals surface area contributed by atoms with Crippen LogP contribution < -0.4 is 5.32 Å². The molecule has 0 aliphatic carbocycles. The molecular weight excluding hydrogens is 204 g/mol. The third-order valence-electron chi connectivity index (χ3n) is 2.67. The molecule has 0 saturated heterocycles. The van der Waals surface area contributed by atoms with E-state index < -0.39 is 0 Å². The van der Waals surface area contributed by atoms with Crippen molar-refractivity contribution in [3.63, 3.8) is 0 Å². The van der Waals surface area contributed by atoms with E-state index in [1.807, 2.05) is 20.9 Å². The zero-order valence-electron chi connectivity index (χ0n) is 10.4. The van der Waals surface area contributed by atoms with Crippen LogP contribution in [0.3, 0.4) is 0 Å². The lowest BCUT2D eigenvalue weighted by Crippen LogP contribution is -2.33. The normalized spacial score (nSPS) is 10.8. The van der Waals surface area contributed by atoms with Crippen molar-refractivity contribution in [1.29, 1.82) is 0 Å². The minimum absolute atomic E-state index is 0.0479. The minimum Gasteiger partial charge on any atom is -0.351 e. The van der Waals surface area contributed by atoms with E-state index >= 15 is 0 Å². The molecule has 1 aromatic heterocycles. The van der Waals surface area contributed by atoms with Gasteiger partial charge in [0.05, 0.1) is 11.3 Å². The topological polar surface area (TPSA) is 61.0 Å². The summed E-state index contributed by atoms with van der Waals surface area (Å²) in [5, 5.41) is 9.70. The van der Waals surface area contributed by atoms with Gasteiger partial charge in [0.2, 0.25) is 0 Å². The van der Waals surface area contributed by atoms with Crippen LogP contribution in [0.5, 0.6) is 0 Å². The average Bonchev–Trinajstić information content (AvgIpc) is 2.58. The summed E-state index contributed by atoms with van der Waals surface area (Å²) in [6.45, 7) is 8.28. The second-order valence-corrected chi connectivity index (χ2v) is 3.96. The minimum atomic E-state index is -0.0479. The highest BCUT2D eigenvalue weighted by molar-refractivity contribution is 5.96. The molecule has 1 heterocycles. The van der Waals surface area contributed by atoms with Gasteiger partial charge in [0, 0.05) is 18.8 Å². The highest BCUT2D eigenvalue weighted by Crippen LogP contribution is 2.08. The maximum atomic E-state index is 11.8. The Balaban J connectivity index is 2.47. The van der Waals surface area contributed by atoms with Crippen molar-refractivity contribution in [1.82, 2.24) is 20.4 Å². The second-order valence-electron chi connectivity index (χ2n) is 3.96. The van der Waals surface area contributed by atoms with E-state index in [4.69, 9.17) is 0 Å². The Morgan fingerprint density at radius 1 is 1.50 bits per heavy atom. The van der Waals surface area contributed by atoms with Gasteiger partial charge in [-0.25, -0.2) is 0 Å². The molecule has 5 heteroatoms. The molecule has 1 aromatic rings. The number of nitrogens with one attached hydrogen (secondary N) is 2. The van der Waals surface area contributed by atoms with E-state index in [2.05, 4.69) is 27.3 Å². The van der Waals surface area contributed by atoms with Gasteiger partial charge in [-0.1, -0.05) is 6.92 Å². The fourth-order valence-electron chi connectivity index (χ4n) is 1.49. The summed E-state index contributed by atoms with van der Waals surface area (Å²) in [5.74, 6) is -0.0479. The predicted molar refractivity (Wildman–Crippen MR) is 63.6 cm³/mol. The maximum absolute atomic E-state index is 11.8. The fraction of sp³-hybridized carbons (Fsp3) is 0.636. The second kappa shape index (κ2) is 5.65. The predicted octanol–water partition coefficient (Wildman–Crippen LogP) is 0.708. The van der Waals surface area contributed by atoms with Gasteiger partial charge < -0.3 is 10.2 Å². The van der Waals surface area contributed by atoms with Gasteiger partial charge in [0.25, 0.3) is 5.91 Å². The first-order chi connectivity index (χ1) is 7.56. The van der Waals surface area contributed by atoms with E-state index in [0.29, 0.717) is 12.1 Å². The number of amides is 1. The zero-order chi connectivity index (χ0) is 12.1. The number of nitrogens with zero attached hydrogens (tertiary/aromatic N) is 2. The first kappa shape index (κ1) is 12.7. The Labute approximate surface area is 96.2 Å². The maximum Gasteiger partial charge on any atom is 0.255 e. The van der Waals surface area contributed by atoms with Gasteiger partial charge in [-0.05, 0) is 27.4 Å². The van der Waals surface area contributed by atoms with Crippen molar-refractivity contribution < 1.29 is 4.79 Å². The van der Waals surface area contributed by atoms with Crippen LogP contribution in [0.4, 0.5) is 0 Å². The van der Waals surface area contributed by atoms with Crippen molar-refractivity contribution in [2.75, 3.05) is 26.7 Å². The lowest BCUT2D eigenvalue weighted by atomic mass is 10.2. The molecule has 0 aromatic carbocycles. The van der Waals surface area contributed by atoms with Crippen LogP contribution in [-0.4, -0.2) is 47.7 Å². The van der Waals surface area contributed by atoms with E-state index in [1.54, 1.807) is 0 Å². The first-order valence-corrected chi connectivity index (χ1v) is 5.54. The highest BCUT2D eigenvalue weighted by Gasteiger charge is 2.14. The lowest BCUT2D eigenvalue weighted by molar-refractivity contribution is 0.0949. The van der Waals surface area contributed by atoms with Gasteiger partial charge in [0.15, 0.2) is 0 Å². The van der Waals surface area contributed by atoms with Crippen LogP contribution in [0.1, 0.15) is 28.7 Å². The Morgan fingerprint density at radius 3 is 2.69 bits per heavy atom. The van der Waals surface area contributed by atoms with E-state index in [1.165, 1.54) is 0 Å². The Morgan fingerprint density at radius 2 is 2.19 bits per heavy atom. The third kappa shape index (κ3) is 3.06. The number of likely N-dealkylation sites (N-methyl/N-ethyl adjacent to an activating group) is 1. The number of aromatic nitrogens is 2. The molecule has 0 atom stereocenters. The number of carbonyl (C=O) groups excluding carboxylic acids is 1. The molecule has 0 bridgehead atoms. The summed E-state index contributed by atoms with van der Waals surface area (Å²) in [6.07, 6.45) is 0. The number of hydrogen-bond donors (Lipinski definition) is 2. The molecule has 0 spiro atoms. The van der Waals surface area contributed by atoms with E-state index in [-0.39, 0.29) is 5.91 Å². The van der Waals surface area contributed by atoms with Crippen molar-refractivity contribution in [3.8, 4) is 0 Å². The monoisotopic (exact) mass is 224 g/mol. The molecule has 0 unspecified atom stereocenters. The first-order valence-electron chi connectivity index (χ1n) is 5.54. The van der Waals surface area contributed by atoms with Gasteiger partial charge in [-0.2, -0.15) is 5.10 Å². The van der Waals surface area contributed by atoms with Crippen LogP contribution in [0.15, 0.2) is 0 Å². The molecule has 16 heavy (non-hydrogen) atoms. The van der Waals surface area contributed by atoms with Gasteiger partial charge in [-0.15, -0.1) is 0 Å². The summed E-state index contributed by atoms with van der Waals surface area (Å²) in [6, 6.07) is 0. The van der Waals surface area contributed by atoms with E-state index in [0.717, 1.165) is 24.5 Å². The summed E-state index contributed by atoms with van der Waals surface area (Å²) >= 11 is 0. The molecule has 0 aliphatic heterocycles. The third-order valence-corrected chi connectivity index (χ3v) is 2.67. The molecular formula is C11H20N4O. The Kier molecular flexibility index (Phi) is 4.49. The number of H-pyrrole nitrogens is 1. The van der Waals surface area contributed by atoms with Gasteiger partial charge in [0.1, 0.15) is 0 Å². The number of aromatic amines is 1. The molecule has 1 amide bonds. The van der Waals surface area contributed by atoms with Crippen molar-refractivity contribution in [3.05, 3.63) is 17.0 Å². The molecule has 5 nitrogen and oxygen atoms in total. The van der Waals surface area contributed by atoms with Crippen molar-refractivity contribution in [2.24, 2.45) is 0 Å². The number of aryl methyl sites for hydroxylation is 2. The van der Waals surface area contributed by atoms with Crippen LogP contribution in [-0.2, 0) is 0 Å². The largest absolute Gasteiger partial charge is 0.351 e. The van der Waals surface area contributed by atoms with Gasteiger partial charge >= 0.3 is 0 Å². The average molecular weight is 224 g/mol. The smallest absolute Gasteiger partial charge is 0.255 e. The number of hydrogen-bond acceptors (Lipinski definition) is 3. The van der Waals surface area contributed by atoms with Crippen LogP contribution in [0.25, 0.3) is 0 Å². The molecule has 90 valence electrons. The molecule has 0 fully saturated rings. The fourth-order valence-corrected chi connectivity index (χ4v) is 1.49. The zero-order valence-corrected chi connectivity index (χ0v) is 10.4. The lowest BCUT2D eigenvalue weighted by Gasteiger charge is -2.13. The molecule has 0 saturated carbocycles. The molecule has 0 radical (unpaired) electrons. The van der Waals surface area contributed by atoms with Crippen LogP contribution in [0, 0.1) is 13.8 Å². The van der Waals surface area contributed by atoms with Crippen LogP contribution >= 0.6 is 0 Å². The standard InChI is InChI=1S/C11H20N4O/c1-5-15(4)7-6-12-11(16)10-8(2)13-14-9(10)3/h5-7H2,1-4H3,(H,12,16)(H,13,14). The number of rotatable bonds is 5. The van der Waals surface area contributed by atoms with Crippen LogP contribution in [0.2, 0.25) is 0 Å². The van der Waals surface area contributed by atoms with E-state index in [9.17, 15) is 4.79 Å². The number of carbonyl (C=O) groups is 1. The summed E-state index contributed by atoms with van der Waals surface area (Å²) < 4.78 is 0. The SMILES string of the molecule is CCN(C)CCNC(=O)c1c(C)n[nH]c1C. The van der Waals surface area contributed by atoms with Crippen molar-refractivity contribution >= 4 is 5.91 Å². The van der Waals surface area contributed by atoms with Crippen molar-refractivity contribution in [2.45, 2.75) is 20.8 Å². The summed E-state index contributed by atoms with van der Waals surface area (Å²) in [4.78, 5) is 14.0. The van der Waals surface area contributed by atoms with Gasteiger partial charge in [-0.3, -0.25) is 9.89 Å². The molecule has 0 aliphatic rings. The molecule has 2 N–H and O–H groups in total. The Hall–Kier alpha value is -1.36. The Bertz CT molecular complexity index is 339.